The SMILES string of the molecule is CCc1nc(-c2ncccn2)sc1C(=O)NC[C@H]1CC[C@@H]2CCC[C@@H]21. The number of fused-ring (bicyclic) bond motifs is 1. The molecule has 0 unspecified atom stereocenters. The molecule has 1 N–H and O–H groups in total. The molecule has 4 rings (SSSR count). The van der Waals surface area contributed by atoms with Gasteiger partial charge in [-0.3, -0.25) is 4.79 Å². The zero-order valence-corrected chi connectivity index (χ0v) is 15.4. The Balaban J connectivity index is 1.45. The van der Waals surface area contributed by atoms with Crippen molar-refractivity contribution in [1.82, 2.24) is 20.3 Å². The molecule has 25 heavy (non-hydrogen) atoms. The summed E-state index contributed by atoms with van der Waals surface area (Å²) >= 11 is 1.40. The lowest BCUT2D eigenvalue weighted by Gasteiger charge is -2.18. The van der Waals surface area contributed by atoms with E-state index in [-0.39, 0.29) is 5.91 Å². The van der Waals surface area contributed by atoms with Crippen LogP contribution in [0, 0.1) is 17.8 Å². The van der Waals surface area contributed by atoms with Crippen molar-refractivity contribution in [3.8, 4) is 10.8 Å². The number of rotatable bonds is 5. The predicted molar refractivity (Wildman–Crippen MR) is 98.4 cm³/mol. The number of nitrogens with one attached hydrogen (secondary N) is 1. The number of hydrogen-bond donors (Lipinski definition) is 1. The fraction of sp³-hybridized carbons (Fsp3) is 0.579. The molecule has 2 heterocycles. The summed E-state index contributed by atoms with van der Waals surface area (Å²) in [5.74, 6) is 3.01. The number of aryl methyl sites for hydroxylation is 1. The van der Waals surface area contributed by atoms with E-state index in [0.717, 1.165) is 35.5 Å². The molecule has 5 nitrogen and oxygen atoms in total. The minimum Gasteiger partial charge on any atom is -0.351 e. The first-order chi connectivity index (χ1) is 12.3. The van der Waals surface area contributed by atoms with Crippen molar-refractivity contribution in [3.63, 3.8) is 0 Å². The quantitative estimate of drug-likeness (QED) is 0.886. The van der Waals surface area contributed by atoms with E-state index in [0.29, 0.717) is 16.6 Å². The monoisotopic (exact) mass is 356 g/mol. The third kappa shape index (κ3) is 3.32. The van der Waals surface area contributed by atoms with Crippen LogP contribution >= 0.6 is 11.3 Å². The molecule has 132 valence electrons. The molecule has 2 aromatic heterocycles. The highest BCUT2D eigenvalue weighted by atomic mass is 32.1. The molecule has 2 aliphatic carbocycles. The molecule has 2 fully saturated rings. The van der Waals surface area contributed by atoms with Crippen molar-refractivity contribution in [2.75, 3.05) is 6.54 Å². The number of thiazole rings is 1. The Kier molecular flexibility index (Phi) is 4.79. The van der Waals surface area contributed by atoms with E-state index in [4.69, 9.17) is 0 Å². The van der Waals surface area contributed by atoms with Gasteiger partial charge in [-0.05, 0) is 49.5 Å². The van der Waals surface area contributed by atoms with Crippen molar-refractivity contribution >= 4 is 17.2 Å². The highest BCUT2D eigenvalue weighted by Gasteiger charge is 2.38. The van der Waals surface area contributed by atoms with Gasteiger partial charge in [0.25, 0.3) is 5.91 Å². The first kappa shape index (κ1) is 16.6. The third-order valence-electron chi connectivity index (χ3n) is 5.75. The highest BCUT2D eigenvalue weighted by Crippen LogP contribution is 2.47. The molecular weight excluding hydrogens is 332 g/mol. The molecule has 6 heteroatoms. The van der Waals surface area contributed by atoms with Crippen molar-refractivity contribution in [1.29, 1.82) is 0 Å². The average Bonchev–Trinajstić information content (AvgIpc) is 3.36. The maximum Gasteiger partial charge on any atom is 0.263 e. The highest BCUT2D eigenvalue weighted by molar-refractivity contribution is 7.17. The maximum atomic E-state index is 12.7. The van der Waals surface area contributed by atoms with Gasteiger partial charge >= 0.3 is 0 Å². The molecule has 2 saturated carbocycles. The van der Waals surface area contributed by atoms with Gasteiger partial charge in [-0.2, -0.15) is 0 Å². The molecule has 3 atom stereocenters. The molecule has 0 spiro atoms. The van der Waals surface area contributed by atoms with Gasteiger partial charge in [0.15, 0.2) is 10.8 Å². The Morgan fingerprint density at radius 3 is 2.88 bits per heavy atom. The van der Waals surface area contributed by atoms with Crippen molar-refractivity contribution in [2.24, 2.45) is 17.8 Å². The Labute approximate surface area is 152 Å². The lowest BCUT2D eigenvalue weighted by molar-refractivity contribution is 0.0946. The van der Waals surface area contributed by atoms with E-state index in [1.165, 1.54) is 43.4 Å². The van der Waals surface area contributed by atoms with Crippen LogP contribution in [0.2, 0.25) is 0 Å². The van der Waals surface area contributed by atoms with Crippen LogP contribution in [0.15, 0.2) is 18.5 Å². The molecule has 0 bridgehead atoms. The van der Waals surface area contributed by atoms with Crippen LogP contribution in [0.5, 0.6) is 0 Å². The van der Waals surface area contributed by atoms with E-state index in [2.05, 4.69) is 20.3 Å². The summed E-state index contributed by atoms with van der Waals surface area (Å²) in [6, 6.07) is 1.78. The van der Waals surface area contributed by atoms with Crippen molar-refractivity contribution < 1.29 is 4.79 Å². The minimum atomic E-state index is 0.0120. The molecular formula is C19H24N4OS. The summed E-state index contributed by atoms with van der Waals surface area (Å²) in [5, 5.41) is 3.91. The Hall–Kier alpha value is -1.82. The molecule has 2 aliphatic rings. The average molecular weight is 356 g/mol. The van der Waals surface area contributed by atoms with Gasteiger partial charge in [-0.15, -0.1) is 11.3 Å². The van der Waals surface area contributed by atoms with Crippen LogP contribution in [0.4, 0.5) is 0 Å². The smallest absolute Gasteiger partial charge is 0.263 e. The van der Waals surface area contributed by atoms with Gasteiger partial charge in [0.1, 0.15) is 4.88 Å². The molecule has 0 saturated heterocycles. The zero-order chi connectivity index (χ0) is 17.2. The van der Waals surface area contributed by atoms with Gasteiger partial charge in [-0.1, -0.05) is 19.8 Å². The fourth-order valence-electron chi connectivity index (χ4n) is 4.52. The van der Waals surface area contributed by atoms with Crippen LogP contribution in [0.1, 0.15) is 54.4 Å². The maximum absolute atomic E-state index is 12.7. The van der Waals surface area contributed by atoms with E-state index in [1.807, 2.05) is 6.92 Å². The summed E-state index contributed by atoms with van der Waals surface area (Å²) in [6.07, 6.45) is 10.9. The zero-order valence-electron chi connectivity index (χ0n) is 14.6. The molecule has 0 radical (unpaired) electrons. The number of carbonyl (C=O) groups is 1. The summed E-state index contributed by atoms with van der Waals surface area (Å²) < 4.78 is 0. The molecule has 2 aromatic rings. The lowest BCUT2D eigenvalue weighted by Crippen LogP contribution is -2.31. The second kappa shape index (κ2) is 7.20. The summed E-state index contributed by atoms with van der Waals surface area (Å²) in [6.45, 7) is 2.83. The standard InChI is InChI=1S/C19H24N4OS/c1-2-15-16(25-19(23-15)17-20-9-4-10-21-17)18(24)22-11-13-8-7-12-5-3-6-14(12)13/h4,9-10,12-14H,2-3,5-8,11H2,1H3,(H,22,24)/t12-,13+,14-/m0/s1. The molecule has 1 amide bonds. The number of amides is 1. The topological polar surface area (TPSA) is 67.8 Å². The van der Waals surface area contributed by atoms with E-state index >= 15 is 0 Å². The summed E-state index contributed by atoms with van der Waals surface area (Å²) in [5.41, 5.74) is 0.843. The normalized spacial score (nSPS) is 25.1. The van der Waals surface area contributed by atoms with E-state index in [1.54, 1.807) is 18.5 Å². The van der Waals surface area contributed by atoms with Crippen molar-refractivity contribution in [3.05, 3.63) is 29.0 Å². The minimum absolute atomic E-state index is 0.0120. The van der Waals surface area contributed by atoms with Gasteiger partial charge in [0.2, 0.25) is 0 Å². The van der Waals surface area contributed by atoms with Crippen molar-refractivity contribution in [2.45, 2.75) is 45.4 Å². The lowest BCUT2D eigenvalue weighted by atomic mass is 9.92. The third-order valence-corrected chi connectivity index (χ3v) is 6.84. The van der Waals surface area contributed by atoms with E-state index < -0.39 is 0 Å². The predicted octanol–water partition coefficient (Wildman–Crippen LogP) is 3.72. The van der Waals surface area contributed by atoms with Gasteiger partial charge in [-0.25, -0.2) is 15.0 Å². The molecule has 0 aliphatic heterocycles. The van der Waals surface area contributed by atoms with Crippen LogP contribution < -0.4 is 5.32 Å². The second-order valence-electron chi connectivity index (χ2n) is 7.12. The van der Waals surface area contributed by atoms with Crippen LogP contribution in [0.3, 0.4) is 0 Å². The van der Waals surface area contributed by atoms with Crippen LogP contribution in [0.25, 0.3) is 10.8 Å². The summed E-state index contributed by atoms with van der Waals surface area (Å²) in [7, 11) is 0. The number of hydrogen-bond acceptors (Lipinski definition) is 5. The Bertz CT molecular complexity index is 745. The molecule has 0 aromatic carbocycles. The van der Waals surface area contributed by atoms with E-state index in [9.17, 15) is 4.79 Å². The second-order valence-corrected chi connectivity index (χ2v) is 8.12. The Morgan fingerprint density at radius 2 is 2.08 bits per heavy atom. The van der Waals surface area contributed by atoms with Gasteiger partial charge < -0.3 is 5.32 Å². The number of aromatic nitrogens is 3. The fourth-order valence-corrected chi connectivity index (χ4v) is 5.54. The van der Waals surface area contributed by atoms with Crippen LogP contribution in [-0.4, -0.2) is 27.4 Å². The Morgan fingerprint density at radius 1 is 1.24 bits per heavy atom. The number of nitrogens with zero attached hydrogens (tertiary/aromatic N) is 3. The van der Waals surface area contributed by atoms with Crippen LogP contribution in [-0.2, 0) is 6.42 Å². The first-order valence-electron chi connectivity index (χ1n) is 9.31. The van der Waals surface area contributed by atoms with Gasteiger partial charge in [0, 0.05) is 18.9 Å². The number of carbonyl (C=O) groups excluding carboxylic acids is 1. The summed E-state index contributed by atoms with van der Waals surface area (Å²) in [4.78, 5) is 26.5. The first-order valence-corrected chi connectivity index (χ1v) is 10.1. The largest absolute Gasteiger partial charge is 0.351 e. The van der Waals surface area contributed by atoms with Gasteiger partial charge in [0.05, 0.1) is 5.69 Å².